The molecular formula is C27H28FN3O4. The summed E-state index contributed by atoms with van der Waals surface area (Å²) in [5.41, 5.74) is 5.92. The number of rotatable bonds is 4. The highest BCUT2D eigenvalue weighted by atomic mass is 19.1. The smallest absolute Gasteiger partial charge is 0.332 e. The number of aromatic amines is 1. The molecule has 182 valence electrons. The molecular weight excluding hydrogens is 449 g/mol. The van der Waals surface area contributed by atoms with E-state index in [1.807, 2.05) is 18.3 Å². The largest absolute Gasteiger partial charge is 0.479 e. The van der Waals surface area contributed by atoms with Gasteiger partial charge in [-0.3, -0.25) is 5.10 Å². The molecule has 2 aromatic carbocycles. The first-order valence-electron chi connectivity index (χ1n) is 12.2. The van der Waals surface area contributed by atoms with E-state index in [9.17, 15) is 14.3 Å². The standard InChI is InChI=1S/C27H28FN3O4/c1-15-10-19(3-4-21(15)28)31-23-11-18-13-29-30-22(18)12-20(23)25(26(31)16-6-8-34-9-7-16)17-2-5-24(27(32)33)35-14-17/h3-4,10-13,16-17,24H,2,5-9,14H2,1H3,(H,29,30)(H,32,33)/t17-,24?/m0/s1. The molecule has 0 radical (unpaired) electrons. The van der Waals surface area contributed by atoms with Crippen LogP contribution in [0.3, 0.4) is 0 Å². The van der Waals surface area contributed by atoms with Crippen molar-refractivity contribution in [3.8, 4) is 5.69 Å². The second-order valence-corrected chi connectivity index (χ2v) is 9.72. The number of aryl methyl sites for hydroxylation is 1. The van der Waals surface area contributed by atoms with E-state index in [0.29, 0.717) is 31.8 Å². The number of H-pyrrole nitrogens is 1. The lowest BCUT2D eigenvalue weighted by Crippen LogP contribution is -2.31. The molecule has 7 nitrogen and oxygen atoms in total. The van der Waals surface area contributed by atoms with E-state index in [-0.39, 0.29) is 17.7 Å². The van der Waals surface area contributed by atoms with Crippen LogP contribution in [0.15, 0.2) is 36.5 Å². The van der Waals surface area contributed by atoms with Gasteiger partial charge >= 0.3 is 5.97 Å². The molecule has 2 N–H and O–H groups in total. The van der Waals surface area contributed by atoms with Crippen molar-refractivity contribution >= 4 is 27.8 Å². The highest BCUT2D eigenvalue weighted by Crippen LogP contribution is 2.45. The Balaban J connectivity index is 1.62. The van der Waals surface area contributed by atoms with Crippen molar-refractivity contribution in [3.63, 3.8) is 0 Å². The van der Waals surface area contributed by atoms with Crippen molar-refractivity contribution in [2.24, 2.45) is 0 Å². The zero-order chi connectivity index (χ0) is 24.1. The van der Waals surface area contributed by atoms with Crippen LogP contribution in [-0.2, 0) is 14.3 Å². The van der Waals surface area contributed by atoms with Crippen LogP contribution in [0.2, 0.25) is 0 Å². The molecule has 0 saturated carbocycles. The van der Waals surface area contributed by atoms with Gasteiger partial charge in [-0.05, 0) is 74.1 Å². The molecule has 8 heteroatoms. The lowest BCUT2D eigenvalue weighted by molar-refractivity contribution is -0.153. The maximum Gasteiger partial charge on any atom is 0.332 e. The molecule has 6 rings (SSSR count). The van der Waals surface area contributed by atoms with Crippen molar-refractivity contribution in [1.82, 2.24) is 14.8 Å². The molecule has 2 atom stereocenters. The Kier molecular flexibility index (Phi) is 5.57. The minimum Gasteiger partial charge on any atom is -0.479 e. The van der Waals surface area contributed by atoms with Gasteiger partial charge in [0.05, 0.1) is 23.8 Å². The first-order valence-corrected chi connectivity index (χ1v) is 12.2. The number of halogens is 1. The summed E-state index contributed by atoms with van der Waals surface area (Å²) in [6.45, 7) is 3.53. The van der Waals surface area contributed by atoms with Crippen LogP contribution in [0.25, 0.3) is 27.5 Å². The molecule has 35 heavy (non-hydrogen) atoms. The third-order valence-electron chi connectivity index (χ3n) is 7.57. The number of hydrogen-bond donors (Lipinski definition) is 2. The summed E-state index contributed by atoms with van der Waals surface area (Å²) in [6.07, 6.45) is 4.06. The lowest BCUT2D eigenvalue weighted by Gasteiger charge is -2.31. The number of nitrogens with one attached hydrogen (secondary N) is 1. The fraction of sp³-hybridized carbons (Fsp3) is 0.407. The zero-order valence-electron chi connectivity index (χ0n) is 19.6. The molecule has 2 fully saturated rings. The minimum absolute atomic E-state index is 0.0640. The van der Waals surface area contributed by atoms with Gasteiger partial charge < -0.3 is 19.1 Å². The summed E-state index contributed by atoms with van der Waals surface area (Å²) >= 11 is 0. The van der Waals surface area contributed by atoms with Gasteiger partial charge in [0.15, 0.2) is 6.10 Å². The monoisotopic (exact) mass is 477 g/mol. The number of carboxylic acid groups (broad SMARTS) is 1. The van der Waals surface area contributed by atoms with E-state index >= 15 is 0 Å². The van der Waals surface area contributed by atoms with Crippen LogP contribution in [0.1, 0.15) is 54.3 Å². The zero-order valence-corrected chi connectivity index (χ0v) is 19.6. The first kappa shape index (κ1) is 22.2. The highest BCUT2D eigenvalue weighted by Gasteiger charge is 2.35. The van der Waals surface area contributed by atoms with Crippen LogP contribution < -0.4 is 0 Å². The van der Waals surface area contributed by atoms with E-state index in [1.54, 1.807) is 6.92 Å². The third kappa shape index (κ3) is 3.81. The molecule has 2 aliphatic heterocycles. The second kappa shape index (κ2) is 8.77. The van der Waals surface area contributed by atoms with E-state index < -0.39 is 12.1 Å². The highest BCUT2D eigenvalue weighted by molar-refractivity contribution is 5.99. The van der Waals surface area contributed by atoms with Gasteiger partial charge in [0.2, 0.25) is 0 Å². The minimum atomic E-state index is -0.906. The van der Waals surface area contributed by atoms with Gasteiger partial charge in [-0.25, -0.2) is 9.18 Å². The van der Waals surface area contributed by atoms with Crippen LogP contribution in [0, 0.1) is 12.7 Å². The number of carboxylic acids is 1. The van der Waals surface area contributed by atoms with Crippen molar-refractivity contribution in [3.05, 3.63) is 59.2 Å². The quantitative estimate of drug-likeness (QED) is 0.422. The summed E-state index contributed by atoms with van der Waals surface area (Å²) in [6, 6.07) is 9.56. The number of aliphatic carboxylic acids is 1. The summed E-state index contributed by atoms with van der Waals surface area (Å²) < 4.78 is 28.0. The number of benzene rings is 2. The Morgan fingerprint density at radius 2 is 1.97 bits per heavy atom. The van der Waals surface area contributed by atoms with E-state index in [4.69, 9.17) is 9.47 Å². The van der Waals surface area contributed by atoms with Gasteiger partial charge in [-0.2, -0.15) is 5.10 Å². The Morgan fingerprint density at radius 3 is 2.69 bits per heavy atom. The van der Waals surface area contributed by atoms with Gasteiger partial charge in [-0.15, -0.1) is 0 Å². The van der Waals surface area contributed by atoms with Gasteiger partial charge in [0.1, 0.15) is 5.82 Å². The normalized spacial score (nSPS) is 21.7. The first-order chi connectivity index (χ1) is 17.0. The number of aromatic nitrogens is 3. The van der Waals surface area contributed by atoms with E-state index in [1.165, 1.54) is 17.3 Å². The maximum absolute atomic E-state index is 14.2. The van der Waals surface area contributed by atoms with E-state index in [2.05, 4.69) is 26.9 Å². The molecule has 0 amide bonds. The molecule has 2 aliphatic rings. The number of fused-ring (bicyclic) bond motifs is 2. The number of nitrogens with zero attached hydrogens (tertiary/aromatic N) is 2. The molecule has 4 aromatic rings. The predicted octanol–water partition coefficient (Wildman–Crippen LogP) is 5.20. The van der Waals surface area contributed by atoms with E-state index in [0.717, 1.165) is 46.8 Å². The maximum atomic E-state index is 14.2. The predicted molar refractivity (Wildman–Crippen MR) is 130 cm³/mol. The summed E-state index contributed by atoms with van der Waals surface area (Å²) in [5, 5.41) is 18.9. The van der Waals surface area contributed by atoms with Gasteiger partial charge in [-0.1, -0.05) is 0 Å². The summed E-state index contributed by atoms with van der Waals surface area (Å²) in [4.78, 5) is 11.5. The average Bonchev–Trinajstić information content (AvgIpc) is 3.46. The summed E-state index contributed by atoms with van der Waals surface area (Å²) in [5.74, 6) is -0.800. The Hall–Kier alpha value is -3.23. The molecule has 2 aromatic heterocycles. The van der Waals surface area contributed by atoms with Crippen LogP contribution in [0.4, 0.5) is 4.39 Å². The topological polar surface area (TPSA) is 89.4 Å². The second-order valence-electron chi connectivity index (χ2n) is 9.72. The molecule has 1 unspecified atom stereocenters. The Morgan fingerprint density at radius 1 is 1.14 bits per heavy atom. The number of hydrogen-bond acceptors (Lipinski definition) is 4. The summed E-state index contributed by atoms with van der Waals surface area (Å²) in [7, 11) is 0. The van der Waals surface area contributed by atoms with Crippen LogP contribution in [-0.4, -0.2) is 51.8 Å². The van der Waals surface area contributed by atoms with Gasteiger partial charge in [0, 0.05) is 47.2 Å². The average molecular weight is 478 g/mol. The number of ether oxygens (including phenoxy) is 2. The number of carbonyl (C=O) groups is 1. The molecule has 2 saturated heterocycles. The van der Waals surface area contributed by atoms with Crippen LogP contribution in [0.5, 0.6) is 0 Å². The fourth-order valence-corrected chi connectivity index (χ4v) is 5.79. The fourth-order valence-electron chi connectivity index (χ4n) is 5.79. The molecule has 0 aliphatic carbocycles. The Bertz CT molecular complexity index is 1410. The lowest BCUT2D eigenvalue weighted by atomic mass is 9.84. The van der Waals surface area contributed by atoms with Gasteiger partial charge in [0.25, 0.3) is 0 Å². The van der Waals surface area contributed by atoms with Crippen molar-refractivity contribution in [1.29, 1.82) is 0 Å². The van der Waals surface area contributed by atoms with Crippen molar-refractivity contribution < 1.29 is 23.8 Å². The Labute approximate surface area is 201 Å². The third-order valence-corrected chi connectivity index (χ3v) is 7.57. The van der Waals surface area contributed by atoms with Crippen LogP contribution >= 0.6 is 0 Å². The molecule has 0 bridgehead atoms. The van der Waals surface area contributed by atoms with Crippen molar-refractivity contribution in [2.75, 3.05) is 19.8 Å². The molecule has 0 spiro atoms. The SMILES string of the molecule is Cc1cc(-n2c(C3CCOCC3)c([C@H]3CCC(C(=O)O)OC3)c3cc4[nH]ncc4cc32)ccc1F. The molecule has 4 heterocycles. The van der Waals surface area contributed by atoms with Crippen molar-refractivity contribution in [2.45, 2.75) is 50.5 Å².